The van der Waals surface area contributed by atoms with Gasteiger partial charge in [0.15, 0.2) is 0 Å². The van der Waals surface area contributed by atoms with Crippen molar-refractivity contribution in [2.45, 2.75) is 45.7 Å². The molecule has 2 rings (SSSR count). The molecule has 1 saturated carbocycles. The van der Waals surface area contributed by atoms with Gasteiger partial charge in [0.05, 0.1) is 11.5 Å². The molecule has 0 saturated heterocycles. The van der Waals surface area contributed by atoms with E-state index in [4.69, 9.17) is 5.11 Å². The molecule has 0 aromatic heterocycles. The van der Waals surface area contributed by atoms with Gasteiger partial charge in [-0.2, -0.15) is 0 Å². The highest BCUT2D eigenvalue weighted by atomic mass is 16.6. The van der Waals surface area contributed by atoms with Gasteiger partial charge in [-0.3, -0.25) is 24.6 Å². The summed E-state index contributed by atoms with van der Waals surface area (Å²) in [6.07, 6.45) is 1.36. The van der Waals surface area contributed by atoms with Crippen molar-refractivity contribution in [1.82, 2.24) is 10.2 Å². The van der Waals surface area contributed by atoms with Gasteiger partial charge in [0.25, 0.3) is 11.6 Å². The summed E-state index contributed by atoms with van der Waals surface area (Å²) in [4.78, 5) is 35.7. The first kappa shape index (κ1) is 18.9. The number of nitro groups is 1. The Bertz CT molecular complexity index is 698. The largest absolute Gasteiger partial charge is 0.480 e. The summed E-state index contributed by atoms with van der Waals surface area (Å²) in [7, 11) is 0. The molecule has 1 aliphatic carbocycles. The Morgan fingerprint density at radius 3 is 2.48 bits per heavy atom. The van der Waals surface area contributed by atoms with Crippen molar-refractivity contribution in [3.05, 3.63) is 38.9 Å². The number of hydrogen-bond donors (Lipinski definition) is 2. The summed E-state index contributed by atoms with van der Waals surface area (Å²) in [6, 6.07) is 3.06. The summed E-state index contributed by atoms with van der Waals surface area (Å²) in [5.74, 6) is -1.19. The molecule has 1 amide bonds. The van der Waals surface area contributed by atoms with E-state index in [1.165, 1.54) is 6.07 Å². The maximum Gasteiger partial charge on any atom is 0.317 e. The van der Waals surface area contributed by atoms with Gasteiger partial charge >= 0.3 is 5.97 Å². The van der Waals surface area contributed by atoms with E-state index in [0.29, 0.717) is 36.1 Å². The fourth-order valence-corrected chi connectivity index (χ4v) is 3.22. The van der Waals surface area contributed by atoms with Crippen LogP contribution in [0.4, 0.5) is 5.69 Å². The van der Waals surface area contributed by atoms with E-state index < -0.39 is 10.9 Å². The monoisotopic (exact) mass is 349 g/mol. The van der Waals surface area contributed by atoms with Crippen LogP contribution in [0.3, 0.4) is 0 Å². The molecule has 1 fully saturated rings. The number of carbonyl (C=O) groups is 2. The molecule has 0 aliphatic heterocycles. The molecule has 1 aliphatic rings. The first-order valence-corrected chi connectivity index (χ1v) is 8.25. The van der Waals surface area contributed by atoms with Gasteiger partial charge in [-0.1, -0.05) is 6.92 Å². The molecule has 0 bridgehead atoms. The smallest absolute Gasteiger partial charge is 0.317 e. The van der Waals surface area contributed by atoms with Gasteiger partial charge in [0.1, 0.15) is 0 Å². The minimum absolute atomic E-state index is 0.00883. The zero-order chi connectivity index (χ0) is 18.7. The number of benzene rings is 1. The van der Waals surface area contributed by atoms with Crippen molar-refractivity contribution >= 4 is 17.6 Å². The van der Waals surface area contributed by atoms with Crippen LogP contribution in [0.2, 0.25) is 0 Å². The van der Waals surface area contributed by atoms with Gasteiger partial charge in [-0.25, -0.2) is 0 Å². The second kappa shape index (κ2) is 7.60. The molecular formula is C17H23N3O5. The van der Waals surface area contributed by atoms with Crippen LogP contribution in [0, 0.1) is 24.0 Å². The molecule has 2 N–H and O–H groups in total. The highest BCUT2D eigenvalue weighted by Gasteiger charge is 2.35. The van der Waals surface area contributed by atoms with Crippen LogP contribution in [0.5, 0.6) is 0 Å². The van der Waals surface area contributed by atoms with Gasteiger partial charge in [-0.15, -0.1) is 0 Å². The molecule has 1 aromatic carbocycles. The molecule has 0 radical (unpaired) electrons. The molecule has 136 valence electrons. The lowest BCUT2D eigenvalue weighted by Gasteiger charge is -2.42. The number of nitro benzene ring substituents is 1. The molecule has 0 atom stereocenters. The van der Waals surface area contributed by atoms with Gasteiger partial charge in [0.2, 0.25) is 0 Å². The van der Waals surface area contributed by atoms with Crippen LogP contribution in [0.25, 0.3) is 0 Å². The number of hydrogen-bond acceptors (Lipinski definition) is 5. The van der Waals surface area contributed by atoms with Crippen molar-refractivity contribution in [3.8, 4) is 0 Å². The van der Waals surface area contributed by atoms with Crippen molar-refractivity contribution in [2.24, 2.45) is 0 Å². The van der Waals surface area contributed by atoms with Crippen LogP contribution in [0.1, 0.15) is 41.3 Å². The predicted octanol–water partition coefficient (Wildman–Crippen LogP) is 1.88. The van der Waals surface area contributed by atoms with Crippen LogP contribution in [-0.4, -0.2) is 52.0 Å². The first-order chi connectivity index (χ1) is 11.7. The summed E-state index contributed by atoms with van der Waals surface area (Å²) in [5, 5.41) is 22.8. The number of nitrogens with one attached hydrogen (secondary N) is 1. The minimum Gasteiger partial charge on any atom is -0.480 e. The molecule has 8 heteroatoms. The van der Waals surface area contributed by atoms with Crippen molar-refractivity contribution < 1.29 is 19.6 Å². The highest BCUT2D eigenvalue weighted by Crippen LogP contribution is 2.27. The molecule has 0 spiro atoms. The van der Waals surface area contributed by atoms with Crippen LogP contribution in [0.15, 0.2) is 12.1 Å². The second-order valence-corrected chi connectivity index (χ2v) is 6.46. The number of carboxylic acids is 1. The van der Waals surface area contributed by atoms with E-state index in [1.807, 2.05) is 11.8 Å². The number of carboxylic acid groups (broad SMARTS) is 1. The maximum atomic E-state index is 12.4. The maximum absolute atomic E-state index is 12.4. The second-order valence-electron chi connectivity index (χ2n) is 6.46. The number of aliphatic carboxylic acids is 1. The van der Waals surface area contributed by atoms with E-state index >= 15 is 0 Å². The molecule has 1 aromatic rings. The summed E-state index contributed by atoms with van der Waals surface area (Å²) < 4.78 is 0. The molecular weight excluding hydrogens is 326 g/mol. The van der Waals surface area contributed by atoms with E-state index in [2.05, 4.69) is 5.32 Å². The topological polar surface area (TPSA) is 113 Å². The number of aryl methyl sites for hydroxylation is 2. The van der Waals surface area contributed by atoms with E-state index in [1.54, 1.807) is 19.9 Å². The lowest BCUT2D eigenvalue weighted by molar-refractivity contribution is -0.385. The Morgan fingerprint density at radius 2 is 1.96 bits per heavy atom. The number of amides is 1. The molecule has 0 unspecified atom stereocenters. The Kier molecular flexibility index (Phi) is 5.73. The Labute approximate surface area is 146 Å². The van der Waals surface area contributed by atoms with Gasteiger partial charge in [0, 0.05) is 29.3 Å². The van der Waals surface area contributed by atoms with E-state index in [9.17, 15) is 19.7 Å². The fourth-order valence-electron chi connectivity index (χ4n) is 3.22. The number of likely N-dealkylation sites (N-methyl/N-ethyl adjacent to an activating group) is 1. The summed E-state index contributed by atoms with van der Waals surface area (Å²) in [6.45, 7) is 5.93. The Balaban J connectivity index is 1.99. The highest BCUT2D eigenvalue weighted by molar-refractivity contribution is 5.96. The van der Waals surface area contributed by atoms with Gasteiger partial charge in [-0.05, 0) is 44.9 Å². The third-order valence-corrected chi connectivity index (χ3v) is 4.69. The Hall–Kier alpha value is -2.48. The summed E-state index contributed by atoms with van der Waals surface area (Å²) >= 11 is 0. The predicted molar refractivity (Wildman–Crippen MR) is 91.7 cm³/mol. The number of rotatable bonds is 7. The molecule has 0 heterocycles. The molecule has 8 nitrogen and oxygen atoms in total. The van der Waals surface area contributed by atoms with E-state index in [-0.39, 0.29) is 30.2 Å². The standard InChI is InChI=1S/C17H23N3O5/c1-4-19(9-16(21)22)13-6-12(7-13)18-17(23)14-8-15(20(24)25)11(3)5-10(14)2/h5,8,12-13H,4,6-7,9H2,1-3H3,(H,18,23)(H,21,22). The summed E-state index contributed by atoms with van der Waals surface area (Å²) in [5.41, 5.74) is 1.45. The van der Waals surface area contributed by atoms with E-state index in [0.717, 1.165) is 0 Å². The quantitative estimate of drug-likeness (QED) is 0.574. The fraction of sp³-hybridized carbons (Fsp3) is 0.529. The average molecular weight is 349 g/mol. The zero-order valence-electron chi connectivity index (χ0n) is 14.6. The van der Waals surface area contributed by atoms with Crippen molar-refractivity contribution in [2.75, 3.05) is 13.1 Å². The Morgan fingerprint density at radius 1 is 1.32 bits per heavy atom. The molecule has 25 heavy (non-hydrogen) atoms. The SMILES string of the molecule is CCN(CC(=O)O)C1CC(NC(=O)c2cc([N+](=O)[O-])c(C)cc2C)C1. The third-order valence-electron chi connectivity index (χ3n) is 4.69. The minimum atomic E-state index is -0.864. The van der Waals surface area contributed by atoms with Crippen LogP contribution >= 0.6 is 0 Å². The number of nitrogens with zero attached hydrogens (tertiary/aromatic N) is 2. The lowest BCUT2D eigenvalue weighted by Crippen LogP contribution is -2.54. The van der Waals surface area contributed by atoms with Crippen molar-refractivity contribution in [1.29, 1.82) is 0 Å². The average Bonchev–Trinajstić information content (AvgIpc) is 2.47. The van der Waals surface area contributed by atoms with Crippen LogP contribution < -0.4 is 5.32 Å². The number of carbonyl (C=O) groups excluding carboxylic acids is 1. The zero-order valence-corrected chi connectivity index (χ0v) is 14.6. The van der Waals surface area contributed by atoms with Crippen molar-refractivity contribution in [3.63, 3.8) is 0 Å². The van der Waals surface area contributed by atoms with Crippen LogP contribution in [-0.2, 0) is 4.79 Å². The third kappa shape index (κ3) is 4.33. The normalized spacial score (nSPS) is 19.4. The van der Waals surface area contributed by atoms with Gasteiger partial charge < -0.3 is 10.4 Å². The lowest BCUT2D eigenvalue weighted by atomic mass is 9.85. The first-order valence-electron chi connectivity index (χ1n) is 8.25.